The average molecular weight is 303 g/mol. The Morgan fingerprint density at radius 2 is 2.00 bits per heavy atom. The number of rotatable bonds is 4. The van der Waals surface area contributed by atoms with Crippen molar-refractivity contribution < 1.29 is 4.74 Å². The fourth-order valence-corrected chi connectivity index (χ4v) is 1.86. The molecule has 0 aliphatic heterocycles. The van der Waals surface area contributed by atoms with Gasteiger partial charge in [0.05, 0.1) is 0 Å². The molecule has 7 nitrogen and oxygen atoms in total. The minimum atomic E-state index is 0.0599. The zero-order valence-electron chi connectivity index (χ0n) is 10.8. The van der Waals surface area contributed by atoms with Crippen LogP contribution in [0.3, 0.4) is 0 Å². The Bertz CT molecular complexity index is 746. The number of hydrogen-bond acceptors (Lipinski definition) is 6. The third-order valence-corrected chi connectivity index (χ3v) is 3.01. The molecule has 2 aromatic heterocycles. The Balaban J connectivity index is 1.81. The second-order valence-electron chi connectivity index (χ2n) is 4.11. The molecule has 1 aromatic carbocycles. The number of nitrogens with zero attached hydrogens (tertiary/aromatic N) is 5. The summed E-state index contributed by atoms with van der Waals surface area (Å²) in [5.74, 6) is 0.353. The number of ether oxygens (including phenoxy) is 1. The van der Waals surface area contributed by atoms with Gasteiger partial charge in [-0.25, -0.2) is 4.68 Å². The Labute approximate surface area is 125 Å². The fourth-order valence-electron chi connectivity index (χ4n) is 1.67. The molecule has 0 fully saturated rings. The summed E-state index contributed by atoms with van der Waals surface area (Å²) in [4.78, 5) is 12.1. The molecule has 8 heteroatoms. The van der Waals surface area contributed by atoms with Crippen LogP contribution in [0, 0.1) is 0 Å². The van der Waals surface area contributed by atoms with Crippen LogP contribution in [-0.4, -0.2) is 24.7 Å². The Hall–Kier alpha value is -2.67. The first-order valence-electron chi connectivity index (χ1n) is 6.10. The minimum Gasteiger partial charge on any atom is -0.458 e. The lowest BCUT2D eigenvalue weighted by molar-refractivity contribution is 0.280. The molecule has 0 amide bonds. The monoisotopic (exact) mass is 302 g/mol. The Morgan fingerprint density at radius 1 is 1.14 bits per heavy atom. The molecule has 21 heavy (non-hydrogen) atoms. The summed E-state index contributed by atoms with van der Waals surface area (Å²) in [6.07, 6.45) is 3.32. The van der Waals surface area contributed by atoms with Gasteiger partial charge in [0, 0.05) is 23.0 Å². The van der Waals surface area contributed by atoms with Crippen molar-refractivity contribution in [2.24, 2.45) is 0 Å². The van der Waals surface area contributed by atoms with Gasteiger partial charge in [0.15, 0.2) is 0 Å². The van der Waals surface area contributed by atoms with E-state index >= 15 is 0 Å². The van der Waals surface area contributed by atoms with Crippen LogP contribution in [-0.2, 0) is 6.61 Å². The smallest absolute Gasteiger partial charge is 0.323 e. The summed E-state index contributed by atoms with van der Waals surface area (Å²) in [5, 5.41) is 4.65. The number of benzene rings is 1. The average Bonchev–Trinajstić information content (AvgIpc) is 3.00. The summed E-state index contributed by atoms with van der Waals surface area (Å²) in [6, 6.07) is 9.25. The van der Waals surface area contributed by atoms with Gasteiger partial charge in [-0.05, 0) is 12.1 Å². The van der Waals surface area contributed by atoms with Gasteiger partial charge in [0.25, 0.3) is 5.95 Å². The van der Waals surface area contributed by atoms with Crippen molar-refractivity contribution in [1.29, 1.82) is 0 Å². The van der Waals surface area contributed by atoms with Crippen molar-refractivity contribution in [2.75, 3.05) is 5.73 Å². The summed E-state index contributed by atoms with van der Waals surface area (Å²) in [6.45, 7) is 0.238. The molecule has 106 valence electrons. The van der Waals surface area contributed by atoms with Crippen molar-refractivity contribution >= 4 is 17.5 Å². The SMILES string of the molecule is Nc1nc(OCc2ccccc2Cl)nc(-n2cccn2)n1. The minimum absolute atomic E-state index is 0.0599. The number of nitrogens with two attached hydrogens (primary N) is 1. The number of halogens is 1. The highest BCUT2D eigenvalue weighted by Crippen LogP contribution is 2.17. The van der Waals surface area contributed by atoms with Gasteiger partial charge >= 0.3 is 6.01 Å². The first-order chi connectivity index (χ1) is 10.2. The summed E-state index contributed by atoms with van der Waals surface area (Å²) in [7, 11) is 0. The van der Waals surface area contributed by atoms with Gasteiger partial charge in [-0.2, -0.15) is 20.1 Å². The van der Waals surface area contributed by atoms with Gasteiger partial charge in [0.2, 0.25) is 5.95 Å². The van der Waals surface area contributed by atoms with Crippen molar-refractivity contribution in [3.8, 4) is 12.0 Å². The van der Waals surface area contributed by atoms with E-state index in [9.17, 15) is 0 Å². The third-order valence-electron chi connectivity index (χ3n) is 2.64. The zero-order valence-corrected chi connectivity index (χ0v) is 11.6. The maximum atomic E-state index is 6.06. The van der Waals surface area contributed by atoms with Crippen LogP contribution in [0.5, 0.6) is 6.01 Å². The quantitative estimate of drug-likeness (QED) is 0.791. The second-order valence-corrected chi connectivity index (χ2v) is 4.51. The van der Waals surface area contributed by atoms with Crippen LogP contribution in [0.2, 0.25) is 5.02 Å². The maximum Gasteiger partial charge on any atom is 0.323 e. The molecular formula is C13H11ClN6O. The standard InChI is InChI=1S/C13H11ClN6O/c14-10-5-2-1-4-9(10)8-21-13-18-11(15)17-12(19-13)20-7-3-6-16-20/h1-7H,8H2,(H2,15,17,18,19). The van der Waals surface area contributed by atoms with E-state index < -0.39 is 0 Å². The highest BCUT2D eigenvalue weighted by molar-refractivity contribution is 6.31. The zero-order chi connectivity index (χ0) is 14.7. The normalized spacial score (nSPS) is 10.5. The number of hydrogen-bond donors (Lipinski definition) is 1. The highest BCUT2D eigenvalue weighted by Gasteiger charge is 2.08. The maximum absolute atomic E-state index is 6.06. The predicted molar refractivity (Wildman–Crippen MR) is 77.1 cm³/mol. The van der Waals surface area contributed by atoms with Crippen LogP contribution in [0.15, 0.2) is 42.7 Å². The van der Waals surface area contributed by atoms with Crippen LogP contribution in [0.1, 0.15) is 5.56 Å². The molecule has 0 unspecified atom stereocenters. The van der Waals surface area contributed by atoms with Crippen molar-refractivity contribution in [3.05, 3.63) is 53.3 Å². The fraction of sp³-hybridized carbons (Fsp3) is 0.0769. The van der Waals surface area contributed by atoms with E-state index in [4.69, 9.17) is 22.1 Å². The molecule has 0 atom stereocenters. The van der Waals surface area contributed by atoms with Gasteiger partial charge < -0.3 is 10.5 Å². The number of nitrogen functional groups attached to an aromatic ring is 1. The lowest BCUT2D eigenvalue weighted by Gasteiger charge is -2.07. The van der Waals surface area contributed by atoms with Crippen LogP contribution < -0.4 is 10.5 Å². The van der Waals surface area contributed by atoms with Crippen LogP contribution in [0.4, 0.5) is 5.95 Å². The van der Waals surface area contributed by atoms with E-state index in [0.29, 0.717) is 11.0 Å². The van der Waals surface area contributed by atoms with Crippen molar-refractivity contribution in [2.45, 2.75) is 6.61 Å². The number of anilines is 1. The van der Waals surface area contributed by atoms with E-state index in [-0.39, 0.29) is 18.6 Å². The van der Waals surface area contributed by atoms with Crippen LogP contribution >= 0.6 is 11.6 Å². The molecule has 3 aromatic rings. The summed E-state index contributed by atoms with van der Waals surface area (Å²) >= 11 is 6.06. The molecule has 0 saturated heterocycles. The van der Waals surface area contributed by atoms with Gasteiger partial charge in [-0.3, -0.25) is 0 Å². The molecular weight excluding hydrogens is 292 g/mol. The highest BCUT2D eigenvalue weighted by atomic mass is 35.5. The molecule has 0 aliphatic rings. The van der Waals surface area contributed by atoms with Gasteiger partial charge in [-0.1, -0.05) is 29.8 Å². The molecule has 0 saturated carbocycles. The summed E-state index contributed by atoms with van der Waals surface area (Å²) < 4.78 is 7.00. The van der Waals surface area contributed by atoms with E-state index in [1.165, 1.54) is 4.68 Å². The topological polar surface area (TPSA) is 91.7 Å². The second kappa shape index (κ2) is 5.76. The van der Waals surface area contributed by atoms with E-state index in [0.717, 1.165) is 5.56 Å². The molecule has 0 spiro atoms. The molecule has 0 radical (unpaired) electrons. The molecule has 3 rings (SSSR count). The lowest BCUT2D eigenvalue weighted by Crippen LogP contribution is -2.09. The van der Waals surface area contributed by atoms with E-state index in [2.05, 4.69) is 20.1 Å². The van der Waals surface area contributed by atoms with Crippen LogP contribution in [0.25, 0.3) is 5.95 Å². The Kier molecular flexibility index (Phi) is 3.65. The Morgan fingerprint density at radius 3 is 2.76 bits per heavy atom. The molecule has 2 N–H and O–H groups in total. The summed E-state index contributed by atoms with van der Waals surface area (Å²) in [5.41, 5.74) is 6.49. The first kappa shape index (κ1) is 13.3. The third kappa shape index (κ3) is 3.09. The predicted octanol–water partition coefficient (Wildman–Crippen LogP) is 1.87. The molecule has 2 heterocycles. The van der Waals surface area contributed by atoms with E-state index in [1.807, 2.05) is 18.2 Å². The molecule has 0 aliphatic carbocycles. The number of aromatic nitrogens is 5. The largest absolute Gasteiger partial charge is 0.458 e. The van der Waals surface area contributed by atoms with Gasteiger partial charge in [0.1, 0.15) is 6.61 Å². The van der Waals surface area contributed by atoms with Crippen molar-refractivity contribution in [1.82, 2.24) is 24.7 Å². The molecule has 0 bridgehead atoms. The van der Waals surface area contributed by atoms with E-state index in [1.54, 1.807) is 24.5 Å². The lowest BCUT2D eigenvalue weighted by atomic mass is 10.2. The van der Waals surface area contributed by atoms with Crippen molar-refractivity contribution in [3.63, 3.8) is 0 Å². The van der Waals surface area contributed by atoms with Gasteiger partial charge in [-0.15, -0.1) is 0 Å². The first-order valence-corrected chi connectivity index (χ1v) is 6.48.